The van der Waals surface area contributed by atoms with Crippen molar-refractivity contribution in [1.82, 2.24) is 5.32 Å². The van der Waals surface area contributed by atoms with Crippen LogP contribution in [-0.4, -0.2) is 25.0 Å². The minimum atomic E-state index is -0.191. The fraction of sp³-hybridized carbons (Fsp3) is 0.200. The average molecular weight is 382 g/mol. The fourth-order valence-electron chi connectivity index (χ4n) is 2.77. The molecule has 0 aromatic heterocycles. The van der Waals surface area contributed by atoms with Crippen LogP contribution in [0.5, 0.6) is 17.2 Å². The third kappa shape index (κ3) is 3.64. The first-order chi connectivity index (χ1) is 13.2. The van der Waals surface area contributed by atoms with Crippen molar-refractivity contribution in [2.75, 3.05) is 13.9 Å². The Balaban J connectivity index is 1.60. The smallest absolute Gasteiger partial charge is 0.264 e. The summed E-state index contributed by atoms with van der Waals surface area (Å²) < 4.78 is 16.2. The van der Waals surface area contributed by atoms with E-state index in [4.69, 9.17) is 14.2 Å². The number of hydrogen-bond donors (Lipinski definition) is 1. The molecule has 1 saturated heterocycles. The van der Waals surface area contributed by atoms with Gasteiger partial charge in [-0.25, -0.2) is 4.99 Å². The first kappa shape index (κ1) is 17.5. The number of hydrogen-bond acceptors (Lipinski definition) is 6. The Morgan fingerprint density at radius 3 is 2.67 bits per heavy atom. The first-order valence-corrected chi connectivity index (χ1v) is 9.34. The van der Waals surface area contributed by atoms with Crippen LogP contribution in [-0.2, 0) is 11.2 Å². The molecule has 1 N–H and O–H groups in total. The predicted molar refractivity (Wildman–Crippen MR) is 106 cm³/mol. The molecular formula is C20H18N2O4S. The minimum absolute atomic E-state index is 0.182. The van der Waals surface area contributed by atoms with Crippen LogP contribution in [0.1, 0.15) is 18.1 Å². The lowest BCUT2D eigenvalue weighted by molar-refractivity contribution is -0.115. The lowest BCUT2D eigenvalue weighted by atomic mass is 10.1. The van der Waals surface area contributed by atoms with Crippen molar-refractivity contribution in [2.45, 2.75) is 13.3 Å². The molecule has 7 heteroatoms. The van der Waals surface area contributed by atoms with Crippen LogP contribution < -0.4 is 19.5 Å². The summed E-state index contributed by atoms with van der Waals surface area (Å²) in [5, 5.41) is 3.35. The molecule has 2 aliphatic heterocycles. The number of carbonyl (C=O) groups is 1. The van der Waals surface area contributed by atoms with Crippen LogP contribution in [0.4, 0.5) is 5.69 Å². The number of methoxy groups -OCH3 is 1. The van der Waals surface area contributed by atoms with Gasteiger partial charge in [-0.05, 0) is 48.0 Å². The number of nitrogens with zero attached hydrogens (tertiary/aromatic N) is 1. The van der Waals surface area contributed by atoms with E-state index >= 15 is 0 Å². The number of nitrogens with one attached hydrogen (secondary N) is 1. The number of thioether (sulfide) groups is 1. The molecule has 27 heavy (non-hydrogen) atoms. The molecule has 2 aliphatic rings. The van der Waals surface area contributed by atoms with Gasteiger partial charge in [-0.15, -0.1) is 0 Å². The SMILES string of the molecule is CCc1ccc(N=C2NC(=O)/C(=C\c3cc4c(cc3OC)OCO4)S2)cc1. The third-order valence-electron chi connectivity index (χ3n) is 4.24. The maximum Gasteiger partial charge on any atom is 0.264 e. The Bertz CT molecular complexity index is 951. The maximum atomic E-state index is 12.3. The van der Waals surface area contributed by atoms with Gasteiger partial charge in [0, 0.05) is 11.6 Å². The Kier molecular flexibility index (Phi) is 4.77. The number of benzene rings is 2. The summed E-state index contributed by atoms with van der Waals surface area (Å²) in [6.45, 7) is 2.29. The number of aryl methyl sites for hydroxylation is 1. The summed E-state index contributed by atoms with van der Waals surface area (Å²) in [5.74, 6) is 1.69. The molecule has 1 amide bonds. The highest BCUT2D eigenvalue weighted by Crippen LogP contribution is 2.40. The van der Waals surface area contributed by atoms with E-state index in [1.165, 1.54) is 17.3 Å². The number of rotatable bonds is 4. The second kappa shape index (κ2) is 7.36. The number of fused-ring (bicyclic) bond motifs is 1. The van der Waals surface area contributed by atoms with Crippen molar-refractivity contribution in [3.05, 3.63) is 52.4 Å². The number of ether oxygens (including phenoxy) is 3. The summed E-state index contributed by atoms with van der Waals surface area (Å²) in [5.41, 5.74) is 2.79. The number of carbonyl (C=O) groups excluding carboxylic acids is 1. The number of amides is 1. The van der Waals surface area contributed by atoms with E-state index in [0.29, 0.717) is 27.3 Å². The normalized spacial score (nSPS) is 18.2. The highest BCUT2D eigenvalue weighted by Gasteiger charge is 2.25. The Hall–Kier alpha value is -2.93. The summed E-state index contributed by atoms with van der Waals surface area (Å²) in [6.07, 6.45) is 2.75. The standard InChI is InChI=1S/C20H18N2O4S/c1-3-12-4-6-14(7-5-12)21-20-22-19(23)18(27-20)9-13-8-16-17(26-11-25-16)10-15(13)24-2/h4-10H,3,11H2,1-2H3,(H,21,22,23)/b18-9+. The number of amidine groups is 1. The summed E-state index contributed by atoms with van der Waals surface area (Å²) in [7, 11) is 1.58. The van der Waals surface area contributed by atoms with Crippen LogP contribution in [0.25, 0.3) is 6.08 Å². The Labute approximate surface area is 161 Å². The van der Waals surface area contributed by atoms with Crippen molar-refractivity contribution in [1.29, 1.82) is 0 Å². The number of aliphatic imine (C=N–C) groups is 1. The van der Waals surface area contributed by atoms with Gasteiger partial charge in [0.05, 0.1) is 17.7 Å². The van der Waals surface area contributed by atoms with Gasteiger partial charge in [-0.3, -0.25) is 4.79 Å². The monoisotopic (exact) mass is 382 g/mol. The van der Waals surface area contributed by atoms with Crippen molar-refractivity contribution in [3.63, 3.8) is 0 Å². The average Bonchev–Trinajstić information content (AvgIpc) is 3.27. The fourth-order valence-corrected chi connectivity index (χ4v) is 3.61. The molecule has 0 atom stereocenters. The highest BCUT2D eigenvalue weighted by molar-refractivity contribution is 8.18. The van der Waals surface area contributed by atoms with Crippen LogP contribution in [0.3, 0.4) is 0 Å². The van der Waals surface area contributed by atoms with Gasteiger partial charge in [0.1, 0.15) is 5.75 Å². The van der Waals surface area contributed by atoms with Crippen LogP contribution in [0.2, 0.25) is 0 Å². The van der Waals surface area contributed by atoms with E-state index in [1.54, 1.807) is 25.3 Å². The van der Waals surface area contributed by atoms with E-state index in [0.717, 1.165) is 17.7 Å². The van der Waals surface area contributed by atoms with Crippen molar-refractivity contribution >= 4 is 34.6 Å². The van der Waals surface area contributed by atoms with Gasteiger partial charge in [0.2, 0.25) is 6.79 Å². The second-order valence-electron chi connectivity index (χ2n) is 5.95. The van der Waals surface area contributed by atoms with E-state index < -0.39 is 0 Å². The first-order valence-electron chi connectivity index (χ1n) is 8.52. The molecule has 2 heterocycles. The van der Waals surface area contributed by atoms with Gasteiger partial charge >= 0.3 is 0 Å². The Morgan fingerprint density at radius 2 is 1.96 bits per heavy atom. The molecule has 138 valence electrons. The molecule has 0 spiro atoms. The molecule has 0 aliphatic carbocycles. The molecule has 0 saturated carbocycles. The zero-order valence-electron chi connectivity index (χ0n) is 14.9. The minimum Gasteiger partial charge on any atom is -0.496 e. The van der Waals surface area contributed by atoms with E-state index in [1.807, 2.05) is 24.3 Å². The molecule has 0 radical (unpaired) electrons. The van der Waals surface area contributed by atoms with E-state index in [-0.39, 0.29) is 12.7 Å². The molecule has 0 bridgehead atoms. The van der Waals surface area contributed by atoms with Crippen molar-refractivity contribution in [2.24, 2.45) is 4.99 Å². The summed E-state index contributed by atoms with van der Waals surface area (Å²) in [6, 6.07) is 11.5. The zero-order chi connectivity index (χ0) is 18.8. The summed E-state index contributed by atoms with van der Waals surface area (Å²) in [4.78, 5) is 17.4. The summed E-state index contributed by atoms with van der Waals surface area (Å²) >= 11 is 1.29. The van der Waals surface area contributed by atoms with Crippen LogP contribution in [0, 0.1) is 0 Å². The second-order valence-corrected chi connectivity index (χ2v) is 6.98. The van der Waals surface area contributed by atoms with Gasteiger partial charge in [0.15, 0.2) is 16.7 Å². The molecule has 6 nitrogen and oxygen atoms in total. The van der Waals surface area contributed by atoms with Crippen molar-refractivity contribution in [3.8, 4) is 17.2 Å². The quantitative estimate of drug-likeness (QED) is 0.813. The highest BCUT2D eigenvalue weighted by atomic mass is 32.2. The Morgan fingerprint density at radius 1 is 1.22 bits per heavy atom. The molecular weight excluding hydrogens is 364 g/mol. The van der Waals surface area contributed by atoms with Gasteiger partial charge in [-0.1, -0.05) is 19.1 Å². The molecule has 4 rings (SSSR count). The van der Waals surface area contributed by atoms with Crippen molar-refractivity contribution < 1.29 is 19.0 Å². The molecule has 0 unspecified atom stereocenters. The maximum absolute atomic E-state index is 12.3. The van der Waals surface area contributed by atoms with Crippen LogP contribution >= 0.6 is 11.8 Å². The topological polar surface area (TPSA) is 69.2 Å². The van der Waals surface area contributed by atoms with Gasteiger partial charge in [0.25, 0.3) is 5.91 Å². The third-order valence-corrected chi connectivity index (χ3v) is 5.15. The molecule has 2 aromatic carbocycles. The molecule has 2 aromatic rings. The predicted octanol–water partition coefficient (Wildman–Crippen LogP) is 3.88. The van der Waals surface area contributed by atoms with E-state index in [2.05, 4.69) is 17.2 Å². The van der Waals surface area contributed by atoms with Gasteiger partial charge in [-0.2, -0.15) is 0 Å². The lowest BCUT2D eigenvalue weighted by Crippen LogP contribution is -2.19. The lowest BCUT2D eigenvalue weighted by Gasteiger charge is -2.06. The largest absolute Gasteiger partial charge is 0.496 e. The van der Waals surface area contributed by atoms with Crippen LogP contribution in [0.15, 0.2) is 46.3 Å². The zero-order valence-corrected chi connectivity index (χ0v) is 15.8. The van der Waals surface area contributed by atoms with Gasteiger partial charge < -0.3 is 19.5 Å². The van der Waals surface area contributed by atoms with E-state index in [9.17, 15) is 4.79 Å². The molecule has 1 fully saturated rings.